The lowest BCUT2D eigenvalue weighted by molar-refractivity contribution is 0.0649. The zero-order chi connectivity index (χ0) is 10.8. The Morgan fingerprint density at radius 3 is 3.07 bits per heavy atom. The van der Waals surface area contributed by atoms with Gasteiger partial charge in [-0.2, -0.15) is 0 Å². The van der Waals surface area contributed by atoms with Gasteiger partial charge in [-0.25, -0.2) is 0 Å². The lowest BCUT2D eigenvalue weighted by atomic mass is 10.2. The molecule has 82 valence electrons. The fourth-order valence-electron chi connectivity index (χ4n) is 1.74. The van der Waals surface area contributed by atoms with Gasteiger partial charge in [0.15, 0.2) is 5.69 Å². The molecule has 0 aromatic carbocycles. The summed E-state index contributed by atoms with van der Waals surface area (Å²) in [7, 11) is 1.75. The second-order valence-electron chi connectivity index (χ2n) is 3.83. The number of aromatic nitrogens is 3. The van der Waals surface area contributed by atoms with E-state index in [9.17, 15) is 4.79 Å². The van der Waals surface area contributed by atoms with Crippen LogP contribution in [0.3, 0.4) is 0 Å². The molecule has 1 aromatic rings. The molecule has 0 spiro atoms. The van der Waals surface area contributed by atoms with Gasteiger partial charge in [-0.05, 0) is 6.92 Å². The molecule has 1 N–H and O–H groups in total. The van der Waals surface area contributed by atoms with E-state index in [2.05, 4.69) is 15.6 Å². The normalized spacial score (nSPS) is 21.7. The van der Waals surface area contributed by atoms with Crippen LogP contribution in [0.2, 0.25) is 0 Å². The Labute approximate surface area is 88.2 Å². The van der Waals surface area contributed by atoms with Crippen LogP contribution in [0.25, 0.3) is 0 Å². The maximum Gasteiger partial charge on any atom is 0.276 e. The van der Waals surface area contributed by atoms with Gasteiger partial charge in [0.05, 0.1) is 6.20 Å². The highest BCUT2D eigenvalue weighted by atomic mass is 16.2. The van der Waals surface area contributed by atoms with Crippen LogP contribution < -0.4 is 5.32 Å². The molecule has 1 aromatic heterocycles. The van der Waals surface area contributed by atoms with Crippen LogP contribution in [-0.2, 0) is 7.05 Å². The van der Waals surface area contributed by atoms with Gasteiger partial charge in [0.1, 0.15) is 0 Å². The number of carbonyl (C=O) groups excluding carboxylic acids is 1. The van der Waals surface area contributed by atoms with Crippen molar-refractivity contribution in [3.8, 4) is 0 Å². The topological polar surface area (TPSA) is 63.1 Å². The van der Waals surface area contributed by atoms with Crippen molar-refractivity contribution in [1.82, 2.24) is 25.2 Å². The molecule has 1 aliphatic heterocycles. The maximum atomic E-state index is 12.0. The van der Waals surface area contributed by atoms with E-state index >= 15 is 0 Å². The fraction of sp³-hybridized carbons (Fsp3) is 0.667. The summed E-state index contributed by atoms with van der Waals surface area (Å²) in [6.07, 6.45) is 1.65. The molecule has 1 atom stereocenters. The predicted molar refractivity (Wildman–Crippen MR) is 54.4 cm³/mol. The third-order valence-electron chi connectivity index (χ3n) is 2.58. The molecule has 15 heavy (non-hydrogen) atoms. The number of nitrogens with one attached hydrogen (secondary N) is 1. The van der Waals surface area contributed by atoms with E-state index in [1.54, 1.807) is 17.9 Å². The smallest absolute Gasteiger partial charge is 0.276 e. The number of hydrogen-bond acceptors (Lipinski definition) is 4. The SMILES string of the molecule is C[C@H]1CNCCN1C(=O)c1cn(C)nn1. The first-order valence-electron chi connectivity index (χ1n) is 5.06. The van der Waals surface area contributed by atoms with Crippen LogP contribution in [0.15, 0.2) is 6.20 Å². The molecule has 0 aliphatic carbocycles. The van der Waals surface area contributed by atoms with Gasteiger partial charge >= 0.3 is 0 Å². The van der Waals surface area contributed by atoms with Crippen LogP contribution in [-0.4, -0.2) is 51.5 Å². The van der Waals surface area contributed by atoms with Crippen LogP contribution in [0.5, 0.6) is 0 Å². The molecule has 0 unspecified atom stereocenters. The molecule has 0 radical (unpaired) electrons. The van der Waals surface area contributed by atoms with E-state index in [-0.39, 0.29) is 11.9 Å². The molecular formula is C9H15N5O. The zero-order valence-electron chi connectivity index (χ0n) is 8.97. The van der Waals surface area contributed by atoms with Crippen LogP contribution >= 0.6 is 0 Å². The van der Waals surface area contributed by atoms with Crippen molar-refractivity contribution >= 4 is 5.91 Å². The van der Waals surface area contributed by atoms with Crippen molar-refractivity contribution in [3.63, 3.8) is 0 Å². The maximum absolute atomic E-state index is 12.0. The van der Waals surface area contributed by atoms with Crippen LogP contribution in [0, 0.1) is 0 Å². The third-order valence-corrected chi connectivity index (χ3v) is 2.58. The van der Waals surface area contributed by atoms with E-state index in [0.717, 1.165) is 19.6 Å². The molecule has 2 heterocycles. The molecular weight excluding hydrogens is 194 g/mol. The Morgan fingerprint density at radius 1 is 1.67 bits per heavy atom. The van der Waals surface area contributed by atoms with Gasteiger partial charge in [-0.15, -0.1) is 5.10 Å². The Hall–Kier alpha value is -1.43. The van der Waals surface area contributed by atoms with E-state index < -0.39 is 0 Å². The second-order valence-corrected chi connectivity index (χ2v) is 3.83. The van der Waals surface area contributed by atoms with Gasteiger partial charge in [0.25, 0.3) is 5.91 Å². The minimum Gasteiger partial charge on any atom is -0.332 e. The van der Waals surface area contributed by atoms with Crippen molar-refractivity contribution in [2.24, 2.45) is 7.05 Å². The number of carbonyl (C=O) groups is 1. The van der Waals surface area contributed by atoms with Crippen molar-refractivity contribution < 1.29 is 4.79 Å². The largest absolute Gasteiger partial charge is 0.332 e. The van der Waals surface area contributed by atoms with Gasteiger partial charge in [-0.1, -0.05) is 5.21 Å². The predicted octanol–water partition coefficient (Wildman–Crippen LogP) is -0.751. The minimum atomic E-state index is -0.0305. The molecule has 6 heteroatoms. The molecule has 0 bridgehead atoms. The number of amides is 1. The van der Waals surface area contributed by atoms with Gasteiger partial charge < -0.3 is 10.2 Å². The monoisotopic (exact) mass is 209 g/mol. The Balaban J connectivity index is 2.13. The molecule has 0 saturated carbocycles. The molecule has 1 amide bonds. The lowest BCUT2D eigenvalue weighted by Crippen LogP contribution is -2.52. The summed E-state index contributed by atoms with van der Waals surface area (Å²) in [5.74, 6) is -0.0305. The third kappa shape index (κ3) is 1.99. The number of hydrogen-bond donors (Lipinski definition) is 1. The summed E-state index contributed by atoms with van der Waals surface area (Å²) in [6.45, 7) is 4.44. The quantitative estimate of drug-likeness (QED) is 0.661. The van der Waals surface area contributed by atoms with Gasteiger partial charge in [0, 0.05) is 32.7 Å². The van der Waals surface area contributed by atoms with Crippen LogP contribution in [0.1, 0.15) is 17.4 Å². The first-order chi connectivity index (χ1) is 7.18. The fourth-order valence-corrected chi connectivity index (χ4v) is 1.74. The van der Waals surface area contributed by atoms with E-state index in [1.165, 1.54) is 0 Å². The van der Waals surface area contributed by atoms with Crippen molar-refractivity contribution in [1.29, 1.82) is 0 Å². The minimum absolute atomic E-state index is 0.0305. The summed E-state index contributed by atoms with van der Waals surface area (Å²) < 4.78 is 1.54. The highest BCUT2D eigenvalue weighted by Gasteiger charge is 2.25. The Bertz CT molecular complexity index is 361. The number of nitrogens with zero attached hydrogens (tertiary/aromatic N) is 4. The molecule has 1 aliphatic rings. The average molecular weight is 209 g/mol. The summed E-state index contributed by atoms with van der Waals surface area (Å²) in [4.78, 5) is 13.8. The average Bonchev–Trinajstić information content (AvgIpc) is 2.65. The van der Waals surface area contributed by atoms with Crippen LogP contribution in [0.4, 0.5) is 0 Å². The molecule has 2 rings (SSSR count). The number of rotatable bonds is 1. The molecule has 6 nitrogen and oxygen atoms in total. The number of aryl methyl sites for hydroxylation is 1. The van der Waals surface area contributed by atoms with Gasteiger partial charge in [0.2, 0.25) is 0 Å². The van der Waals surface area contributed by atoms with E-state index in [0.29, 0.717) is 5.69 Å². The summed E-state index contributed by atoms with van der Waals surface area (Å²) >= 11 is 0. The van der Waals surface area contributed by atoms with Crippen molar-refractivity contribution in [2.75, 3.05) is 19.6 Å². The Morgan fingerprint density at radius 2 is 2.47 bits per heavy atom. The second kappa shape index (κ2) is 3.98. The highest BCUT2D eigenvalue weighted by Crippen LogP contribution is 2.07. The first-order valence-corrected chi connectivity index (χ1v) is 5.06. The zero-order valence-corrected chi connectivity index (χ0v) is 8.97. The molecule has 1 fully saturated rings. The van der Waals surface area contributed by atoms with E-state index in [1.807, 2.05) is 11.8 Å². The van der Waals surface area contributed by atoms with E-state index in [4.69, 9.17) is 0 Å². The van der Waals surface area contributed by atoms with Crippen molar-refractivity contribution in [2.45, 2.75) is 13.0 Å². The van der Waals surface area contributed by atoms with Gasteiger partial charge in [-0.3, -0.25) is 9.48 Å². The van der Waals surface area contributed by atoms with Crippen molar-refractivity contribution in [3.05, 3.63) is 11.9 Å². The summed E-state index contributed by atoms with van der Waals surface area (Å²) in [5.41, 5.74) is 0.422. The number of piperazine rings is 1. The lowest BCUT2D eigenvalue weighted by Gasteiger charge is -2.33. The first kappa shape index (κ1) is 10.1. The molecule has 1 saturated heterocycles. The summed E-state index contributed by atoms with van der Waals surface area (Å²) in [6, 6.07) is 0.216. The highest BCUT2D eigenvalue weighted by molar-refractivity contribution is 5.92. The standard InChI is InChI=1S/C9H15N5O/c1-7-5-10-3-4-14(7)9(15)8-6-13(2)12-11-8/h6-7,10H,3-5H2,1-2H3/t7-/m0/s1. The Kier molecular flexibility index (Phi) is 2.68. The summed E-state index contributed by atoms with van der Waals surface area (Å²) in [5, 5.41) is 10.8.